The third kappa shape index (κ3) is 4.36. The summed E-state index contributed by atoms with van der Waals surface area (Å²) in [5.41, 5.74) is 3.77. The Morgan fingerprint density at radius 1 is 1.57 bits per heavy atom. The van der Waals surface area contributed by atoms with Crippen molar-refractivity contribution in [1.82, 2.24) is 0 Å². The van der Waals surface area contributed by atoms with Gasteiger partial charge in [-0.2, -0.15) is 0 Å². The largest absolute Gasteiger partial charge is 0.484 e. The van der Waals surface area contributed by atoms with Crippen molar-refractivity contribution in [2.45, 2.75) is 19.4 Å². The second-order valence-electron chi connectivity index (χ2n) is 4.42. The molecule has 1 unspecified atom stereocenters. The van der Waals surface area contributed by atoms with Crippen molar-refractivity contribution in [1.29, 1.82) is 0 Å². The third-order valence-corrected chi connectivity index (χ3v) is 3.08. The van der Waals surface area contributed by atoms with Crippen LogP contribution in [0, 0.1) is 15.9 Å². The highest BCUT2D eigenvalue weighted by molar-refractivity contribution is 9.10. The van der Waals surface area contributed by atoms with Crippen molar-refractivity contribution in [3.05, 3.63) is 32.5 Å². The van der Waals surface area contributed by atoms with Gasteiger partial charge in [0.15, 0.2) is 5.75 Å². The Morgan fingerprint density at radius 3 is 2.71 bits per heavy atom. The predicted molar refractivity (Wildman–Crippen MR) is 75.5 cm³/mol. The lowest BCUT2D eigenvalue weighted by Crippen LogP contribution is -2.51. The van der Waals surface area contributed by atoms with Crippen LogP contribution in [0.1, 0.15) is 13.8 Å². The van der Waals surface area contributed by atoms with E-state index in [2.05, 4.69) is 15.9 Å². The van der Waals surface area contributed by atoms with E-state index in [0.29, 0.717) is 0 Å². The first-order valence-corrected chi connectivity index (χ1v) is 6.70. The monoisotopic (exact) mass is 364 g/mol. The molecule has 9 heteroatoms. The van der Waals surface area contributed by atoms with Gasteiger partial charge in [-0.15, -0.1) is 0 Å². The second-order valence-corrected chi connectivity index (χ2v) is 5.27. The lowest BCUT2D eigenvalue weighted by atomic mass is 10.1. The van der Waals surface area contributed by atoms with Crippen LogP contribution in [-0.4, -0.2) is 29.6 Å². The highest BCUT2D eigenvalue weighted by Gasteiger charge is 2.32. The van der Waals surface area contributed by atoms with Gasteiger partial charge in [-0.25, -0.2) is 9.18 Å². The number of nitro benzene ring substituents is 1. The van der Waals surface area contributed by atoms with Gasteiger partial charge >= 0.3 is 11.7 Å². The topological polar surface area (TPSA) is 105 Å². The van der Waals surface area contributed by atoms with E-state index < -0.39 is 34.5 Å². The molecule has 0 bridgehead atoms. The predicted octanol–water partition coefficient (Wildman–Crippen LogP) is 2.16. The Labute approximate surface area is 128 Å². The van der Waals surface area contributed by atoms with Crippen LogP contribution >= 0.6 is 15.9 Å². The van der Waals surface area contributed by atoms with Crippen LogP contribution in [0.2, 0.25) is 0 Å². The summed E-state index contributed by atoms with van der Waals surface area (Å²) in [5.74, 6) is -1.77. The molecule has 0 amide bonds. The van der Waals surface area contributed by atoms with Crippen LogP contribution in [-0.2, 0) is 9.53 Å². The Hall–Kier alpha value is -1.74. The summed E-state index contributed by atoms with van der Waals surface area (Å²) < 4.78 is 23.3. The molecule has 2 N–H and O–H groups in total. The Kier molecular flexibility index (Phi) is 5.62. The number of ether oxygens (including phenoxy) is 2. The van der Waals surface area contributed by atoms with Gasteiger partial charge in [-0.3, -0.25) is 10.1 Å². The van der Waals surface area contributed by atoms with Gasteiger partial charge in [-0.1, -0.05) is 0 Å². The molecule has 0 aliphatic carbocycles. The molecule has 1 rings (SSSR count). The van der Waals surface area contributed by atoms with Crippen LogP contribution < -0.4 is 10.5 Å². The van der Waals surface area contributed by atoms with Gasteiger partial charge in [0.2, 0.25) is 0 Å². The van der Waals surface area contributed by atoms with E-state index >= 15 is 0 Å². The first kappa shape index (κ1) is 17.3. The molecule has 7 nitrogen and oxygen atoms in total. The van der Waals surface area contributed by atoms with E-state index in [9.17, 15) is 19.3 Å². The van der Waals surface area contributed by atoms with E-state index in [1.165, 1.54) is 6.92 Å². The van der Waals surface area contributed by atoms with E-state index in [0.717, 1.165) is 12.1 Å². The number of esters is 1. The number of benzene rings is 1. The van der Waals surface area contributed by atoms with Crippen LogP contribution in [0.5, 0.6) is 5.75 Å². The first-order valence-electron chi connectivity index (χ1n) is 5.91. The summed E-state index contributed by atoms with van der Waals surface area (Å²) in [7, 11) is 0. The fourth-order valence-electron chi connectivity index (χ4n) is 1.36. The van der Waals surface area contributed by atoms with Crippen molar-refractivity contribution in [2.75, 3.05) is 13.2 Å². The summed E-state index contributed by atoms with van der Waals surface area (Å²) in [6.45, 7) is 2.71. The minimum absolute atomic E-state index is 0.0672. The number of carbonyl (C=O) groups is 1. The molecule has 1 atom stereocenters. The van der Waals surface area contributed by atoms with Crippen LogP contribution in [0.25, 0.3) is 0 Å². The summed E-state index contributed by atoms with van der Waals surface area (Å²) >= 11 is 2.85. The SMILES string of the molecule is CCOC(=O)C(C)(N)COc1cc(F)c(Br)cc1[N+](=O)[O-]. The number of carbonyl (C=O) groups excluding carboxylic acids is 1. The third-order valence-electron chi connectivity index (χ3n) is 2.47. The molecule has 0 aliphatic rings. The number of hydrogen-bond acceptors (Lipinski definition) is 6. The highest BCUT2D eigenvalue weighted by atomic mass is 79.9. The molecule has 0 aliphatic heterocycles. The highest BCUT2D eigenvalue weighted by Crippen LogP contribution is 2.32. The lowest BCUT2D eigenvalue weighted by molar-refractivity contribution is -0.386. The summed E-state index contributed by atoms with van der Waals surface area (Å²) in [5, 5.41) is 10.9. The summed E-state index contributed by atoms with van der Waals surface area (Å²) in [6.07, 6.45) is 0. The maximum absolute atomic E-state index is 13.4. The van der Waals surface area contributed by atoms with Crippen molar-refractivity contribution in [3.8, 4) is 5.75 Å². The zero-order valence-electron chi connectivity index (χ0n) is 11.4. The molecule has 0 fully saturated rings. The van der Waals surface area contributed by atoms with Crippen LogP contribution in [0.15, 0.2) is 16.6 Å². The number of halogens is 2. The number of hydrogen-bond donors (Lipinski definition) is 1. The standard InChI is InChI=1S/C12H14BrFN2O5/c1-3-20-11(17)12(2,15)6-21-10-5-8(14)7(13)4-9(10)16(18)19/h4-5H,3,6,15H2,1-2H3. The fraction of sp³-hybridized carbons (Fsp3) is 0.417. The Balaban J connectivity index is 2.95. The van der Waals surface area contributed by atoms with E-state index in [1.54, 1.807) is 6.92 Å². The van der Waals surface area contributed by atoms with Crippen LogP contribution in [0.4, 0.5) is 10.1 Å². The molecule has 116 valence electrons. The summed E-state index contributed by atoms with van der Waals surface area (Å²) in [4.78, 5) is 21.8. The fourth-order valence-corrected chi connectivity index (χ4v) is 1.69. The Bertz CT molecular complexity index is 565. The molecule has 1 aromatic carbocycles. The molecular formula is C12H14BrFN2O5. The molecule has 0 radical (unpaired) electrons. The van der Waals surface area contributed by atoms with Gasteiger partial charge in [0, 0.05) is 12.1 Å². The zero-order valence-corrected chi connectivity index (χ0v) is 13.0. The first-order chi connectivity index (χ1) is 9.69. The quantitative estimate of drug-likeness (QED) is 0.471. The van der Waals surface area contributed by atoms with Gasteiger partial charge in [0.25, 0.3) is 0 Å². The molecule has 0 aromatic heterocycles. The van der Waals surface area contributed by atoms with Gasteiger partial charge < -0.3 is 15.2 Å². The molecule has 0 saturated carbocycles. The Morgan fingerprint density at radius 2 is 2.19 bits per heavy atom. The molecule has 0 spiro atoms. The van der Waals surface area contributed by atoms with Crippen molar-refractivity contribution in [2.24, 2.45) is 5.73 Å². The molecule has 21 heavy (non-hydrogen) atoms. The van der Waals surface area contributed by atoms with Crippen molar-refractivity contribution >= 4 is 27.6 Å². The number of nitrogens with zero attached hydrogens (tertiary/aromatic N) is 1. The lowest BCUT2D eigenvalue weighted by Gasteiger charge is -2.22. The average Bonchev–Trinajstić information content (AvgIpc) is 2.39. The van der Waals surface area contributed by atoms with Crippen LogP contribution in [0.3, 0.4) is 0 Å². The smallest absolute Gasteiger partial charge is 0.329 e. The van der Waals surface area contributed by atoms with E-state index in [-0.39, 0.29) is 16.8 Å². The second kappa shape index (κ2) is 6.81. The maximum Gasteiger partial charge on any atom is 0.329 e. The number of nitro groups is 1. The van der Waals surface area contributed by atoms with E-state index in [4.69, 9.17) is 15.2 Å². The van der Waals surface area contributed by atoms with E-state index in [1.807, 2.05) is 0 Å². The number of nitrogens with two attached hydrogens (primary N) is 1. The zero-order chi connectivity index (χ0) is 16.2. The minimum Gasteiger partial charge on any atom is -0.484 e. The normalized spacial score (nSPS) is 13.4. The van der Waals surface area contributed by atoms with Crippen molar-refractivity contribution < 1.29 is 23.6 Å². The maximum atomic E-state index is 13.4. The van der Waals surface area contributed by atoms with Gasteiger partial charge in [0.1, 0.15) is 18.0 Å². The average molecular weight is 365 g/mol. The summed E-state index contributed by atoms with van der Waals surface area (Å²) in [6, 6.07) is 1.83. The van der Waals surface area contributed by atoms with Gasteiger partial charge in [0.05, 0.1) is 16.0 Å². The molecule has 1 aromatic rings. The van der Waals surface area contributed by atoms with Gasteiger partial charge in [-0.05, 0) is 29.8 Å². The minimum atomic E-state index is -1.51. The number of rotatable bonds is 6. The molecule has 0 heterocycles. The van der Waals surface area contributed by atoms with Crippen molar-refractivity contribution in [3.63, 3.8) is 0 Å². The molecule has 0 saturated heterocycles. The molecular weight excluding hydrogens is 351 g/mol.